The molecule has 0 bridgehead atoms. The van der Waals surface area contributed by atoms with Crippen molar-refractivity contribution in [1.82, 2.24) is 10.2 Å². The molecule has 24 heavy (non-hydrogen) atoms. The predicted molar refractivity (Wildman–Crippen MR) is 101 cm³/mol. The number of guanidine groups is 1. The third-order valence-electron chi connectivity index (χ3n) is 4.58. The van der Waals surface area contributed by atoms with Gasteiger partial charge in [0.25, 0.3) is 0 Å². The highest BCUT2D eigenvalue weighted by atomic mass is 16.5. The zero-order valence-corrected chi connectivity index (χ0v) is 15.3. The molecule has 0 aromatic heterocycles. The van der Waals surface area contributed by atoms with Crippen LogP contribution in [0.3, 0.4) is 0 Å². The van der Waals surface area contributed by atoms with Gasteiger partial charge in [-0.1, -0.05) is 39.0 Å². The van der Waals surface area contributed by atoms with E-state index in [1.807, 2.05) is 18.2 Å². The Morgan fingerprint density at radius 2 is 2.21 bits per heavy atom. The molecule has 1 aromatic carbocycles. The van der Waals surface area contributed by atoms with Crippen LogP contribution in [-0.4, -0.2) is 49.7 Å². The highest BCUT2D eigenvalue weighted by Gasteiger charge is 2.22. The van der Waals surface area contributed by atoms with E-state index < -0.39 is 0 Å². The third-order valence-corrected chi connectivity index (χ3v) is 4.58. The normalized spacial score (nSPS) is 19.0. The zero-order valence-electron chi connectivity index (χ0n) is 15.3. The van der Waals surface area contributed by atoms with E-state index in [4.69, 9.17) is 10.5 Å². The molecule has 5 heteroatoms. The fourth-order valence-electron chi connectivity index (χ4n) is 3.21. The Hall–Kier alpha value is -1.75. The molecule has 5 nitrogen and oxygen atoms in total. The van der Waals surface area contributed by atoms with E-state index in [0.717, 1.165) is 18.8 Å². The molecule has 1 aliphatic heterocycles. The summed E-state index contributed by atoms with van der Waals surface area (Å²) in [4.78, 5) is 6.96. The lowest BCUT2D eigenvalue weighted by Crippen LogP contribution is -2.37. The summed E-state index contributed by atoms with van der Waals surface area (Å²) in [6.07, 6.45) is 2.49. The summed E-state index contributed by atoms with van der Waals surface area (Å²) in [5, 5.41) is 3.14. The lowest BCUT2D eigenvalue weighted by molar-refractivity contribution is 0.273. The maximum Gasteiger partial charge on any atom is 0.188 e. The molecule has 2 rings (SSSR count). The van der Waals surface area contributed by atoms with Gasteiger partial charge in [-0.05, 0) is 43.5 Å². The summed E-state index contributed by atoms with van der Waals surface area (Å²) in [6, 6.07) is 8.74. The van der Waals surface area contributed by atoms with Crippen molar-refractivity contribution in [2.24, 2.45) is 10.7 Å². The number of aliphatic imine (C=N–C) groups is 1. The maximum atomic E-state index is 5.96. The van der Waals surface area contributed by atoms with Gasteiger partial charge in [0.05, 0.1) is 13.1 Å². The molecule has 0 saturated carbocycles. The number of ether oxygens (including phenoxy) is 1. The van der Waals surface area contributed by atoms with Crippen LogP contribution < -0.4 is 15.8 Å². The van der Waals surface area contributed by atoms with Crippen molar-refractivity contribution in [1.29, 1.82) is 0 Å². The first-order chi connectivity index (χ1) is 11.6. The van der Waals surface area contributed by atoms with Gasteiger partial charge in [0, 0.05) is 6.04 Å². The Morgan fingerprint density at radius 1 is 1.42 bits per heavy atom. The van der Waals surface area contributed by atoms with E-state index in [0.29, 0.717) is 31.1 Å². The van der Waals surface area contributed by atoms with Gasteiger partial charge < -0.3 is 15.8 Å². The molecule has 1 unspecified atom stereocenters. The van der Waals surface area contributed by atoms with Crippen LogP contribution in [0.5, 0.6) is 5.75 Å². The predicted octanol–water partition coefficient (Wildman–Crippen LogP) is 2.58. The zero-order chi connectivity index (χ0) is 17.4. The standard InChI is InChI=1S/C19H32N4O/c1-4-23-12-7-8-16(23)14-22-19(20)21-11-13-24-18-10-6-5-9-17(18)15(2)3/h5-6,9-10,15-16H,4,7-8,11-14H2,1-3H3,(H3,20,21,22). The summed E-state index contributed by atoms with van der Waals surface area (Å²) in [5.41, 5.74) is 7.20. The maximum absolute atomic E-state index is 5.96. The Kier molecular flexibility index (Phi) is 7.37. The quantitative estimate of drug-likeness (QED) is 0.436. The number of nitrogens with zero attached hydrogens (tertiary/aromatic N) is 2. The molecule has 1 aliphatic rings. The minimum atomic E-state index is 0.453. The molecule has 1 saturated heterocycles. The first-order valence-corrected chi connectivity index (χ1v) is 9.11. The Morgan fingerprint density at radius 3 is 2.96 bits per heavy atom. The van der Waals surface area contributed by atoms with Crippen molar-refractivity contribution >= 4 is 5.96 Å². The molecule has 0 radical (unpaired) electrons. The van der Waals surface area contributed by atoms with Crippen LogP contribution in [0.2, 0.25) is 0 Å². The highest BCUT2D eigenvalue weighted by Crippen LogP contribution is 2.25. The molecular weight excluding hydrogens is 300 g/mol. The second-order valence-corrected chi connectivity index (χ2v) is 6.62. The third kappa shape index (κ3) is 5.41. The van der Waals surface area contributed by atoms with E-state index in [1.54, 1.807) is 0 Å². The van der Waals surface area contributed by atoms with Crippen LogP contribution in [0.4, 0.5) is 0 Å². The van der Waals surface area contributed by atoms with Crippen molar-refractivity contribution in [2.75, 3.05) is 32.8 Å². The van der Waals surface area contributed by atoms with Gasteiger partial charge in [0.2, 0.25) is 0 Å². The number of likely N-dealkylation sites (N-methyl/N-ethyl adjacent to an activating group) is 1. The molecule has 0 aliphatic carbocycles. The second-order valence-electron chi connectivity index (χ2n) is 6.62. The van der Waals surface area contributed by atoms with Crippen molar-refractivity contribution < 1.29 is 4.74 Å². The van der Waals surface area contributed by atoms with E-state index in [2.05, 4.69) is 42.0 Å². The van der Waals surface area contributed by atoms with Crippen LogP contribution in [0, 0.1) is 0 Å². The summed E-state index contributed by atoms with van der Waals surface area (Å²) in [6.45, 7) is 10.8. The molecule has 134 valence electrons. The lowest BCUT2D eigenvalue weighted by atomic mass is 10.0. The number of nitrogens with two attached hydrogens (primary N) is 1. The first-order valence-electron chi connectivity index (χ1n) is 9.11. The van der Waals surface area contributed by atoms with Crippen LogP contribution in [0.25, 0.3) is 0 Å². The Balaban J connectivity index is 1.71. The monoisotopic (exact) mass is 332 g/mol. The highest BCUT2D eigenvalue weighted by molar-refractivity contribution is 5.77. The van der Waals surface area contributed by atoms with Crippen molar-refractivity contribution in [3.05, 3.63) is 29.8 Å². The van der Waals surface area contributed by atoms with Gasteiger partial charge in [-0.15, -0.1) is 0 Å². The number of likely N-dealkylation sites (tertiary alicyclic amines) is 1. The van der Waals surface area contributed by atoms with Crippen LogP contribution in [0.1, 0.15) is 45.1 Å². The molecular formula is C19H32N4O. The summed E-state index contributed by atoms with van der Waals surface area (Å²) < 4.78 is 5.88. The Labute approximate surface area is 146 Å². The van der Waals surface area contributed by atoms with E-state index in [1.165, 1.54) is 24.9 Å². The largest absolute Gasteiger partial charge is 0.491 e. The average Bonchev–Trinajstić information content (AvgIpc) is 3.04. The van der Waals surface area contributed by atoms with Crippen molar-refractivity contribution in [3.63, 3.8) is 0 Å². The molecule has 1 fully saturated rings. The number of rotatable bonds is 8. The first kappa shape index (κ1) is 18.6. The molecule has 3 N–H and O–H groups in total. The van der Waals surface area contributed by atoms with Crippen LogP contribution in [0.15, 0.2) is 29.3 Å². The van der Waals surface area contributed by atoms with E-state index in [9.17, 15) is 0 Å². The van der Waals surface area contributed by atoms with Crippen molar-refractivity contribution in [3.8, 4) is 5.75 Å². The van der Waals surface area contributed by atoms with Gasteiger partial charge in [-0.25, -0.2) is 0 Å². The molecule has 1 heterocycles. The summed E-state index contributed by atoms with van der Waals surface area (Å²) >= 11 is 0. The van der Waals surface area contributed by atoms with E-state index in [-0.39, 0.29) is 0 Å². The molecule has 1 aromatic rings. The summed E-state index contributed by atoms with van der Waals surface area (Å²) in [5.74, 6) is 1.92. The average molecular weight is 332 g/mol. The number of benzene rings is 1. The number of hydrogen-bond donors (Lipinski definition) is 2. The topological polar surface area (TPSA) is 62.9 Å². The van der Waals surface area contributed by atoms with Gasteiger partial charge in [0.1, 0.15) is 12.4 Å². The van der Waals surface area contributed by atoms with Gasteiger partial charge in [0.15, 0.2) is 5.96 Å². The van der Waals surface area contributed by atoms with Crippen LogP contribution >= 0.6 is 0 Å². The Bertz CT molecular complexity index is 530. The van der Waals surface area contributed by atoms with Gasteiger partial charge >= 0.3 is 0 Å². The minimum Gasteiger partial charge on any atom is -0.491 e. The number of nitrogens with one attached hydrogen (secondary N) is 1. The minimum absolute atomic E-state index is 0.453. The molecule has 1 atom stereocenters. The smallest absolute Gasteiger partial charge is 0.188 e. The number of para-hydroxylation sites is 1. The summed E-state index contributed by atoms with van der Waals surface area (Å²) in [7, 11) is 0. The fourth-order valence-corrected chi connectivity index (χ4v) is 3.21. The van der Waals surface area contributed by atoms with E-state index >= 15 is 0 Å². The second kappa shape index (κ2) is 9.52. The fraction of sp³-hybridized carbons (Fsp3) is 0.632. The lowest BCUT2D eigenvalue weighted by Gasteiger charge is -2.21. The SMILES string of the molecule is CCN1CCCC1CN=C(N)NCCOc1ccccc1C(C)C. The molecule has 0 spiro atoms. The van der Waals surface area contributed by atoms with Gasteiger partial charge in [-0.2, -0.15) is 0 Å². The van der Waals surface area contributed by atoms with Gasteiger partial charge in [-0.3, -0.25) is 9.89 Å². The van der Waals surface area contributed by atoms with Crippen molar-refractivity contribution in [2.45, 2.75) is 45.6 Å². The number of hydrogen-bond acceptors (Lipinski definition) is 3. The molecule has 0 amide bonds. The van der Waals surface area contributed by atoms with Crippen LogP contribution in [-0.2, 0) is 0 Å².